The van der Waals surface area contributed by atoms with Gasteiger partial charge in [-0.05, 0) is 47.5 Å². The van der Waals surface area contributed by atoms with Crippen LogP contribution >= 0.6 is 0 Å². The van der Waals surface area contributed by atoms with E-state index in [9.17, 15) is 4.79 Å². The molecule has 0 radical (unpaired) electrons. The van der Waals surface area contributed by atoms with Crippen LogP contribution in [0, 0.1) is 0 Å². The molecule has 2 aliphatic heterocycles. The van der Waals surface area contributed by atoms with E-state index >= 15 is 0 Å². The largest absolute Gasteiger partial charge is 0.497 e. The Balaban J connectivity index is 1.52. The van der Waals surface area contributed by atoms with Crippen LogP contribution in [0.1, 0.15) is 27.7 Å². The van der Waals surface area contributed by atoms with Crippen molar-refractivity contribution >= 4 is 11.6 Å². The van der Waals surface area contributed by atoms with E-state index in [4.69, 9.17) is 14.2 Å². The van der Waals surface area contributed by atoms with Crippen LogP contribution in [0.2, 0.25) is 0 Å². The number of amides is 1. The summed E-state index contributed by atoms with van der Waals surface area (Å²) < 4.78 is 16.2. The number of fused-ring (bicyclic) bond motifs is 2. The van der Waals surface area contributed by atoms with E-state index in [0.717, 1.165) is 28.3 Å². The molecular formula is C23H20N2O4. The summed E-state index contributed by atoms with van der Waals surface area (Å²) in [7, 11) is 1.64. The Bertz CT molecular complexity index is 1060. The van der Waals surface area contributed by atoms with Gasteiger partial charge < -0.3 is 24.4 Å². The number of nitrogens with zero attached hydrogens (tertiary/aromatic N) is 1. The maximum Gasteiger partial charge on any atom is 0.258 e. The number of methoxy groups -OCH3 is 1. The first kappa shape index (κ1) is 17.4. The van der Waals surface area contributed by atoms with Crippen LogP contribution in [0.3, 0.4) is 0 Å². The fraction of sp³-hybridized carbons (Fsp3) is 0.174. The lowest BCUT2D eigenvalue weighted by Gasteiger charge is -2.38. The number of hydrogen-bond donors (Lipinski definition) is 1. The van der Waals surface area contributed by atoms with Gasteiger partial charge in [-0.25, -0.2) is 0 Å². The van der Waals surface area contributed by atoms with Gasteiger partial charge in [0.1, 0.15) is 11.9 Å². The highest BCUT2D eigenvalue weighted by molar-refractivity contribution is 6.01. The van der Waals surface area contributed by atoms with Crippen LogP contribution in [0.4, 0.5) is 5.69 Å². The lowest BCUT2D eigenvalue weighted by Crippen LogP contribution is -2.42. The van der Waals surface area contributed by atoms with Crippen molar-refractivity contribution < 1.29 is 19.0 Å². The van der Waals surface area contributed by atoms with Gasteiger partial charge in [-0.2, -0.15) is 0 Å². The van der Waals surface area contributed by atoms with Crippen molar-refractivity contribution in [2.75, 3.05) is 19.2 Å². The van der Waals surface area contributed by atoms with Gasteiger partial charge in [-0.3, -0.25) is 4.79 Å². The topological polar surface area (TPSA) is 60.0 Å². The van der Waals surface area contributed by atoms with E-state index in [-0.39, 0.29) is 18.9 Å². The second-order valence-corrected chi connectivity index (χ2v) is 6.99. The molecule has 6 nitrogen and oxygen atoms in total. The Labute approximate surface area is 168 Å². The number of rotatable bonds is 4. The van der Waals surface area contributed by atoms with Crippen molar-refractivity contribution in [2.45, 2.75) is 12.7 Å². The first-order chi connectivity index (χ1) is 14.2. The van der Waals surface area contributed by atoms with Gasteiger partial charge in [0.2, 0.25) is 6.79 Å². The third-order valence-corrected chi connectivity index (χ3v) is 5.24. The number of carbonyl (C=O) groups excluding carboxylic acids is 1. The number of ether oxygens (including phenoxy) is 3. The van der Waals surface area contributed by atoms with E-state index in [1.165, 1.54) is 0 Å². The molecule has 0 aliphatic carbocycles. The van der Waals surface area contributed by atoms with Crippen molar-refractivity contribution in [3.8, 4) is 17.2 Å². The van der Waals surface area contributed by atoms with Crippen LogP contribution in [0.25, 0.3) is 0 Å². The SMILES string of the molecule is COc1ccc([C@H]2Nc3ccccc3C(=O)N2Cc2ccc3c(c2)OCO3)cc1. The predicted octanol–water partition coefficient (Wildman–Crippen LogP) is 4.19. The molecule has 0 unspecified atom stereocenters. The van der Waals surface area contributed by atoms with E-state index < -0.39 is 0 Å². The van der Waals surface area contributed by atoms with E-state index in [0.29, 0.717) is 17.9 Å². The molecule has 1 N–H and O–H groups in total. The van der Waals surface area contributed by atoms with Crippen molar-refractivity contribution in [3.63, 3.8) is 0 Å². The molecule has 0 spiro atoms. The van der Waals surface area contributed by atoms with Gasteiger partial charge in [-0.1, -0.05) is 30.3 Å². The summed E-state index contributed by atoms with van der Waals surface area (Å²) in [6.07, 6.45) is -0.297. The lowest BCUT2D eigenvalue weighted by atomic mass is 10.0. The third kappa shape index (κ3) is 3.12. The zero-order chi connectivity index (χ0) is 19.8. The second kappa shape index (κ2) is 7.05. The highest BCUT2D eigenvalue weighted by Gasteiger charge is 2.33. The van der Waals surface area contributed by atoms with Crippen molar-refractivity contribution in [3.05, 3.63) is 83.4 Å². The predicted molar refractivity (Wildman–Crippen MR) is 108 cm³/mol. The molecule has 0 bridgehead atoms. The minimum Gasteiger partial charge on any atom is -0.497 e. The Morgan fingerprint density at radius 3 is 2.66 bits per heavy atom. The Hall–Kier alpha value is -3.67. The molecule has 3 aromatic carbocycles. The maximum atomic E-state index is 13.4. The van der Waals surface area contributed by atoms with E-state index in [2.05, 4.69) is 5.32 Å². The molecule has 3 aromatic rings. The average molecular weight is 388 g/mol. The van der Waals surface area contributed by atoms with Gasteiger partial charge in [0.25, 0.3) is 5.91 Å². The normalized spacial score (nSPS) is 16.9. The molecule has 1 atom stereocenters. The number of anilines is 1. The van der Waals surface area contributed by atoms with Crippen molar-refractivity contribution in [1.82, 2.24) is 4.90 Å². The molecule has 2 aliphatic rings. The number of hydrogen-bond acceptors (Lipinski definition) is 5. The van der Waals surface area contributed by atoms with Gasteiger partial charge in [0.15, 0.2) is 11.5 Å². The fourth-order valence-corrected chi connectivity index (χ4v) is 3.74. The third-order valence-electron chi connectivity index (χ3n) is 5.24. The molecule has 0 saturated carbocycles. The first-order valence-electron chi connectivity index (χ1n) is 9.42. The van der Waals surface area contributed by atoms with Crippen LogP contribution in [0.15, 0.2) is 66.7 Å². The van der Waals surface area contributed by atoms with E-state index in [1.807, 2.05) is 71.6 Å². The fourth-order valence-electron chi connectivity index (χ4n) is 3.74. The van der Waals surface area contributed by atoms with Gasteiger partial charge in [-0.15, -0.1) is 0 Å². The van der Waals surface area contributed by atoms with Gasteiger partial charge in [0, 0.05) is 12.2 Å². The van der Waals surface area contributed by atoms with Crippen molar-refractivity contribution in [2.24, 2.45) is 0 Å². The Morgan fingerprint density at radius 1 is 1.03 bits per heavy atom. The quantitative estimate of drug-likeness (QED) is 0.726. The summed E-state index contributed by atoms with van der Waals surface area (Å²) in [6.45, 7) is 0.665. The Kier molecular flexibility index (Phi) is 4.24. The minimum absolute atomic E-state index is 0.0159. The maximum absolute atomic E-state index is 13.4. The standard InChI is InChI=1S/C23H20N2O4/c1-27-17-9-7-16(8-10-17)22-24-19-5-3-2-4-18(19)23(26)25(22)13-15-6-11-20-21(12-15)29-14-28-20/h2-12,22,24H,13-14H2,1H3/t22-/m0/s1. The smallest absolute Gasteiger partial charge is 0.258 e. The molecule has 0 saturated heterocycles. The van der Waals surface area contributed by atoms with Crippen LogP contribution < -0.4 is 19.5 Å². The number of para-hydroxylation sites is 1. The minimum atomic E-state index is -0.297. The van der Waals surface area contributed by atoms with Crippen LogP contribution in [0.5, 0.6) is 17.2 Å². The molecule has 2 heterocycles. The highest BCUT2D eigenvalue weighted by atomic mass is 16.7. The molecule has 6 heteroatoms. The zero-order valence-electron chi connectivity index (χ0n) is 15.9. The summed E-state index contributed by atoms with van der Waals surface area (Å²) in [5.41, 5.74) is 3.45. The molecule has 146 valence electrons. The first-order valence-corrected chi connectivity index (χ1v) is 9.42. The lowest BCUT2D eigenvalue weighted by molar-refractivity contribution is 0.0666. The molecule has 29 heavy (non-hydrogen) atoms. The molecule has 0 fully saturated rings. The number of nitrogens with one attached hydrogen (secondary N) is 1. The van der Waals surface area contributed by atoms with Crippen molar-refractivity contribution in [1.29, 1.82) is 0 Å². The van der Waals surface area contributed by atoms with Crippen LogP contribution in [-0.4, -0.2) is 24.7 Å². The summed E-state index contributed by atoms with van der Waals surface area (Å²) in [4.78, 5) is 15.2. The second-order valence-electron chi connectivity index (χ2n) is 6.99. The number of carbonyl (C=O) groups is 1. The van der Waals surface area contributed by atoms with E-state index in [1.54, 1.807) is 7.11 Å². The molecule has 1 amide bonds. The molecule has 5 rings (SSSR count). The van der Waals surface area contributed by atoms with Gasteiger partial charge >= 0.3 is 0 Å². The summed E-state index contributed by atoms with van der Waals surface area (Å²) >= 11 is 0. The highest BCUT2D eigenvalue weighted by Crippen LogP contribution is 2.37. The number of benzene rings is 3. The monoisotopic (exact) mass is 388 g/mol. The average Bonchev–Trinajstić information content (AvgIpc) is 3.24. The Morgan fingerprint density at radius 2 is 1.83 bits per heavy atom. The summed E-state index contributed by atoms with van der Waals surface area (Å²) in [6, 6.07) is 21.1. The summed E-state index contributed by atoms with van der Waals surface area (Å²) in [5.74, 6) is 2.20. The molecular weight excluding hydrogens is 368 g/mol. The summed E-state index contributed by atoms with van der Waals surface area (Å²) in [5, 5.41) is 3.51. The zero-order valence-corrected chi connectivity index (χ0v) is 15.9. The van der Waals surface area contributed by atoms with Crippen LogP contribution in [-0.2, 0) is 6.54 Å². The van der Waals surface area contributed by atoms with Gasteiger partial charge in [0.05, 0.1) is 12.7 Å². The molecule has 0 aromatic heterocycles.